The lowest BCUT2D eigenvalue weighted by Gasteiger charge is -2.20. The van der Waals surface area contributed by atoms with Gasteiger partial charge in [0.05, 0.1) is 19.8 Å². The molecule has 0 bridgehead atoms. The molecule has 0 spiro atoms. The largest absolute Gasteiger partial charge is 0.472 e. The summed E-state index contributed by atoms with van der Waals surface area (Å²) in [7, 11) is -4.60. The van der Waals surface area contributed by atoms with E-state index in [0.29, 0.717) is 12.8 Å². The van der Waals surface area contributed by atoms with Crippen molar-refractivity contribution >= 4 is 19.8 Å². The monoisotopic (exact) mass is 680 g/mol. The first-order valence-corrected chi connectivity index (χ1v) is 20.0. The van der Waals surface area contributed by atoms with E-state index >= 15 is 0 Å². The number of hydrogen-bond acceptors (Lipinski definition) is 9. The second-order valence-corrected chi connectivity index (χ2v) is 14.1. The SMILES string of the molecule is CCCCCCCCCCCCCCCC(=O)OC[C@H](COP(=O)(O)OC[C@@H](O)CO)OC(=O)CCCCCCCCCCCC. The zero-order valence-corrected chi connectivity index (χ0v) is 30.2. The Balaban J connectivity index is 4.35. The molecule has 0 heterocycles. The van der Waals surface area contributed by atoms with Crippen LogP contribution in [0.1, 0.15) is 174 Å². The number of phosphoric ester groups is 1. The lowest BCUT2D eigenvalue weighted by atomic mass is 10.0. The first-order chi connectivity index (χ1) is 22.2. The Morgan fingerprint density at radius 1 is 0.565 bits per heavy atom. The molecular formula is C35H69O10P. The standard InChI is InChI=1S/C35H69O10P/c1-3-5-7-9-11-13-15-16-17-19-20-22-24-26-34(38)42-30-33(31-44-46(40,41)43-29-32(37)28-36)45-35(39)27-25-23-21-18-14-12-10-8-6-4-2/h32-33,36-37H,3-31H2,1-2H3,(H,40,41)/t32-,33+/m0/s1. The molecule has 0 saturated heterocycles. The highest BCUT2D eigenvalue weighted by Gasteiger charge is 2.27. The highest BCUT2D eigenvalue weighted by molar-refractivity contribution is 7.47. The number of hydrogen-bond donors (Lipinski definition) is 3. The molecule has 11 heteroatoms. The molecule has 0 fully saturated rings. The molecule has 0 aromatic heterocycles. The van der Waals surface area contributed by atoms with Crippen LogP contribution in [0.3, 0.4) is 0 Å². The molecule has 0 aliphatic carbocycles. The topological polar surface area (TPSA) is 149 Å². The van der Waals surface area contributed by atoms with Gasteiger partial charge in [-0.2, -0.15) is 0 Å². The van der Waals surface area contributed by atoms with E-state index in [-0.39, 0.29) is 19.4 Å². The van der Waals surface area contributed by atoms with Gasteiger partial charge in [0.2, 0.25) is 0 Å². The minimum Gasteiger partial charge on any atom is -0.462 e. The van der Waals surface area contributed by atoms with Crippen LogP contribution in [0.15, 0.2) is 0 Å². The van der Waals surface area contributed by atoms with Crippen molar-refractivity contribution in [3.05, 3.63) is 0 Å². The summed E-state index contributed by atoms with van der Waals surface area (Å²) in [5.74, 6) is -0.918. The van der Waals surface area contributed by atoms with E-state index in [1.54, 1.807) is 0 Å². The van der Waals surface area contributed by atoms with Crippen molar-refractivity contribution in [2.24, 2.45) is 0 Å². The maximum atomic E-state index is 12.5. The molecule has 274 valence electrons. The molecule has 46 heavy (non-hydrogen) atoms. The van der Waals surface area contributed by atoms with Crippen molar-refractivity contribution in [2.45, 2.75) is 187 Å². The summed E-state index contributed by atoms with van der Waals surface area (Å²) in [5.41, 5.74) is 0. The predicted octanol–water partition coefficient (Wildman–Crippen LogP) is 8.72. The zero-order valence-electron chi connectivity index (χ0n) is 29.3. The Hall–Kier alpha value is -1.03. The zero-order chi connectivity index (χ0) is 34.1. The number of carbonyl (C=O) groups is 2. The van der Waals surface area contributed by atoms with Crippen LogP contribution in [0.4, 0.5) is 0 Å². The van der Waals surface area contributed by atoms with Crippen molar-refractivity contribution in [1.29, 1.82) is 0 Å². The number of aliphatic hydroxyl groups is 2. The predicted molar refractivity (Wildman–Crippen MR) is 182 cm³/mol. The van der Waals surface area contributed by atoms with Gasteiger partial charge < -0.3 is 24.6 Å². The van der Waals surface area contributed by atoms with Crippen LogP contribution >= 0.6 is 7.82 Å². The second-order valence-electron chi connectivity index (χ2n) is 12.6. The fraction of sp³-hybridized carbons (Fsp3) is 0.943. The van der Waals surface area contributed by atoms with Crippen LogP contribution in [0, 0.1) is 0 Å². The third-order valence-electron chi connectivity index (χ3n) is 8.01. The van der Waals surface area contributed by atoms with Crippen LogP contribution < -0.4 is 0 Å². The summed E-state index contributed by atoms with van der Waals surface area (Å²) >= 11 is 0. The van der Waals surface area contributed by atoms with Gasteiger partial charge >= 0.3 is 19.8 Å². The van der Waals surface area contributed by atoms with Crippen LogP contribution in [0.5, 0.6) is 0 Å². The molecule has 0 rings (SSSR count). The summed E-state index contributed by atoms with van der Waals surface area (Å²) in [6.07, 6.45) is 25.0. The molecule has 0 aliphatic heterocycles. The number of rotatable bonds is 35. The minimum atomic E-state index is -4.60. The highest BCUT2D eigenvalue weighted by Crippen LogP contribution is 2.43. The normalized spacial score (nSPS) is 14.1. The van der Waals surface area contributed by atoms with E-state index in [0.717, 1.165) is 38.5 Å². The maximum absolute atomic E-state index is 12.5. The molecule has 0 aromatic rings. The van der Waals surface area contributed by atoms with Gasteiger partial charge in [0.25, 0.3) is 0 Å². The Labute approximate surface area is 280 Å². The van der Waals surface area contributed by atoms with Crippen LogP contribution in [0.2, 0.25) is 0 Å². The quantitative estimate of drug-likeness (QED) is 0.0337. The van der Waals surface area contributed by atoms with Crippen LogP contribution in [0.25, 0.3) is 0 Å². The molecule has 0 aliphatic rings. The van der Waals surface area contributed by atoms with Gasteiger partial charge in [-0.05, 0) is 12.8 Å². The molecule has 0 aromatic carbocycles. The first kappa shape index (κ1) is 45.0. The third-order valence-corrected chi connectivity index (χ3v) is 8.96. The van der Waals surface area contributed by atoms with Crippen LogP contribution in [-0.4, -0.2) is 65.7 Å². The van der Waals surface area contributed by atoms with Gasteiger partial charge in [0, 0.05) is 12.8 Å². The number of ether oxygens (including phenoxy) is 2. The van der Waals surface area contributed by atoms with E-state index < -0.39 is 51.8 Å². The number of esters is 2. The number of carbonyl (C=O) groups excluding carboxylic acids is 2. The van der Waals surface area contributed by atoms with Gasteiger partial charge in [-0.25, -0.2) is 4.57 Å². The number of phosphoric acid groups is 1. The summed E-state index contributed by atoms with van der Waals surface area (Å²) in [4.78, 5) is 34.7. The molecule has 1 unspecified atom stereocenters. The molecular weight excluding hydrogens is 611 g/mol. The van der Waals surface area contributed by atoms with E-state index in [4.69, 9.17) is 19.1 Å². The van der Waals surface area contributed by atoms with Gasteiger partial charge in [0.15, 0.2) is 6.10 Å². The van der Waals surface area contributed by atoms with E-state index in [2.05, 4.69) is 18.4 Å². The number of aliphatic hydroxyl groups excluding tert-OH is 2. The van der Waals surface area contributed by atoms with Crippen molar-refractivity contribution in [2.75, 3.05) is 26.4 Å². The average molecular weight is 681 g/mol. The van der Waals surface area contributed by atoms with E-state index in [1.807, 2.05) is 0 Å². The lowest BCUT2D eigenvalue weighted by Crippen LogP contribution is -2.29. The Morgan fingerprint density at radius 2 is 0.935 bits per heavy atom. The third kappa shape index (κ3) is 31.6. The summed E-state index contributed by atoms with van der Waals surface area (Å²) in [6, 6.07) is 0. The Morgan fingerprint density at radius 3 is 1.35 bits per heavy atom. The summed E-state index contributed by atoms with van der Waals surface area (Å²) in [6.45, 7) is 2.36. The van der Waals surface area contributed by atoms with Crippen molar-refractivity contribution < 1.29 is 47.8 Å². The summed E-state index contributed by atoms with van der Waals surface area (Å²) < 4.78 is 32.5. The van der Waals surface area contributed by atoms with Crippen LogP contribution in [-0.2, 0) is 32.7 Å². The molecule has 0 saturated carbocycles. The summed E-state index contributed by atoms with van der Waals surface area (Å²) in [5, 5.41) is 18.2. The molecule has 3 N–H and O–H groups in total. The first-order valence-electron chi connectivity index (χ1n) is 18.5. The molecule has 10 nitrogen and oxygen atoms in total. The van der Waals surface area contributed by atoms with Gasteiger partial charge in [-0.3, -0.25) is 18.6 Å². The van der Waals surface area contributed by atoms with Gasteiger partial charge in [-0.1, -0.05) is 149 Å². The fourth-order valence-electron chi connectivity index (χ4n) is 5.11. The van der Waals surface area contributed by atoms with Gasteiger partial charge in [-0.15, -0.1) is 0 Å². The van der Waals surface area contributed by atoms with Gasteiger partial charge in [0.1, 0.15) is 12.7 Å². The number of unbranched alkanes of at least 4 members (excludes halogenated alkanes) is 21. The van der Waals surface area contributed by atoms with Crippen molar-refractivity contribution in [3.8, 4) is 0 Å². The smallest absolute Gasteiger partial charge is 0.462 e. The lowest BCUT2D eigenvalue weighted by molar-refractivity contribution is -0.161. The van der Waals surface area contributed by atoms with Crippen molar-refractivity contribution in [3.63, 3.8) is 0 Å². The fourth-order valence-corrected chi connectivity index (χ4v) is 5.90. The molecule has 0 amide bonds. The van der Waals surface area contributed by atoms with E-state index in [9.17, 15) is 24.2 Å². The van der Waals surface area contributed by atoms with E-state index in [1.165, 1.54) is 96.3 Å². The maximum Gasteiger partial charge on any atom is 0.472 e. The molecule has 0 radical (unpaired) electrons. The Kier molecular flexibility index (Phi) is 31.8. The minimum absolute atomic E-state index is 0.190. The molecule has 3 atom stereocenters. The van der Waals surface area contributed by atoms with Crippen molar-refractivity contribution in [1.82, 2.24) is 0 Å². The average Bonchev–Trinajstić information content (AvgIpc) is 3.04. The highest BCUT2D eigenvalue weighted by atomic mass is 31.2. The second kappa shape index (κ2) is 32.5. The Bertz CT molecular complexity index is 751.